The lowest BCUT2D eigenvalue weighted by atomic mass is 9.92. The first-order valence-electron chi connectivity index (χ1n) is 6.75. The summed E-state index contributed by atoms with van der Waals surface area (Å²) >= 11 is 0. The molecule has 1 saturated heterocycles. The first-order chi connectivity index (χ1) is 9.06. The molecule has 0 saturated carbocycles. The molecule has 0 aliphatic carbocycles. The number of likely N-dealkylation sites (tertiary alicyclic amines) is 1. The van der Waals surface area contributed by atoms with Crippen LogP contribution in [-0.4, -0.2) is 29.0 Å². The third-order valence-electron chi connectivity index (χ3n) is 3.98. The number of nitrogens with two attached hydrogens (primary N) is 1. The summed E-state index contributed by atoms with van der Waals surface area (Å²) in [6.07, 6.45) is 1.01. The fraction of sp³-hybridized carbons (Fsp3) is 0.571. The van der Waals surface area contributed by atoms with Crippen LogP contribution in [0.2, 0.25) is 0 Å². The Hall–Kier alpha value is -1.46. The Morgan fingerprint density at radius 3 is 2.74 bits per heavy atom. The second-order valence-electron chi connectivity index (χ2n) is 5.38. The van der Waals surface area contributed by atoms with Gasteiger partial charge < -0.3 is 5.73 Å². The number of rotatable bonds is 4. The van der Waals surface area contributed by atoms with Crippen LogP contribution in [-0.2, 0) is 0 Å². The van der Waals surface area contributed by atoms with E-state index in [1.807, 2.05) is 12.1 Å². The van der Waals surface area contributed by atoms with E-state index in [0.29, 0.717) is 18.5 Å². The quantitative estimate of drug-likeness (QED) is 0.668. The predicted molar refractivity (Wildman–Crippen MR) is 74.8 cm³/mol. The van der Waals surface area contributed by atoms with Crippen molar-refractivity contribution >= 4 is 5.69 Å². The van der Waals surface area contributed by atoms with Gasteiger partial charge in [-0.3, -0.25) is 15.0 Å². The van der Waals surface area contributed by atoms with Gasteiger partial charge in [-0.15, -0.1) is 0 Å². The summed E-state index contributed by atoms with van der Waals surface area (Å²) in [7, 11) is 0. The molecule has 1 aliphatic heterocycles. The second kappa shape index (κ2) is 5.67. The number of hydrogen-bond donors (Lipinski definition) is 1. The lowest BCUT2D eigenvalue weighted by molar-refractivity contribution is -0.386. The van der Waals surface area contributed by atoms with E-state index in [1.54, 1.807) is 12.1 Å². The Kier molecular flexibility index (Phi) is 4.17. The molecule has 0 radical (unpaired) electrons. The average Bonchev–Trinajstić information content (AvgIpc) is 2.82. The van der Waals surface area contributed by atoms with Gasteiger partial charge in [0.1, 0.15) is 0 Å². The maximum atomic E-state index is 11.2. The Morgan fingerprint density at radius 1 is 1.47 bits per heavy atom. The Labute approximate surface area is 113 Å². The van der Waals surface area contributed by atoms with Gasteiger partial charge in [0.05, 0.1) is 4.92 Å². The van der Waals surface area contributed by atoms with Gasteiger partial charge in [0.15, 0.2) is 0 Å². The summed E-state index contributed by atoms with van der Waals surface area (Å²) in [4.78, 5) is 13.2. The van der Waals surface area contributed by atoms with E-state index in [0.717, 1.165) is 18.5 Å². The van der Waals surface area contributed by atoms with E-state index >= 15 is 0 Å². The minimum Gasteiger partial charge on any atom is -0.330 e. The van der Waals surface area contributed by atoms with Gasteiger partial charge in [-0.2, -0.15) is 0 Å². The van der Waals surface area contributed by atoms with Crippen LogP contribution in [0.1, 0.15) is 31.9 Å². The molecule has 0 spiro atoms. The van der Waals surface area contributed by atoms with E-state index < -0.39 is 0 Å². The summed E-state index contributed by atoms with van der Waals surface area (Å²) in [5.74, 6) is 0.295. The Balaban J connectivity index is 2.44. The van der Waals surface area contributed by atoms with Crippen LogP contribution in [0.4, 0.5) is 5.69 Å². The Bertz CT molecular complexity index is 462. The molecule has 1 aromatic rings. The third-order valence-corrected chi connectivity index (χ3v) is 3.98. The standard InChI is InChI=1S/C14H21N3O2/c1-10(2)16-8-7-11(9-15)14(16)12-5-3-4-6-13(12)17(18)19/h3-6,10-11,14H,7-9,15H2,1-2H3. The fourth-order valence-corrected chi connectivity index (χ4v) is 3.05. The van der Waals surface area contributed by atoms with Crippen molar-refractivity contribution in [3.05, 3.63) is 39.9 Å². The topological polar surface area (TPSA) is 72.4 Å². The molecule has 1 heterocycles. The number of benzene rings is 1. The molecule has 0 amide bonds. The zero-order chi connectivity index (χ0) is 14.0. The van der Waals surface area contributed by atoms with Crippen LogP contribution < -0.4 is 5.73 Å². The van der Waals surface area contributed by atoms with Gasteiger partial charge in [-0.05, 0) is 39.3 Å². The molecule has 2 N–H and O–H groups in total. The van der Waals surface area contributed by atoms with Crippen molar-refractivity contribution in [1.29, 1.82) is 0 Å². The number of nitro groups is 1. The lowest BCUT2D eigenvalue weighted by Crippen LogP contribution is -2.33. The number of nitro benzene ring substituents is 1. The van der Waals surface area contributed by atoms with Crippen LogP contribution in [0.25, 0.3) is 0 Å². The summed E-state index contributed by atoms with van der Waals surface area (Å²) in [5, 5.41) is 11.2. The summed E-state index contributed by atoms with van der Waals surface area (Å²) < 4.78 is 0. The zero-order valence-electron chi connectivity index (χ0n) is 11.5. The van der Waals surface area contributed by atoms with E-state index in [4.69, 9.17) is 5.73 Å². The van der Waals surface area contributed by atoms with Crippen molar-refractivity contribution in [2.45, 2.75) is 32.4 Å². The molecule has 0 bridgehead atoms. The molecule has 2 atom stereocenters. The number of hydrogen-bond acceptors (Lipinski definition) is 4. The molecule has 1 aliphatic rings. The minimum absolute atomic E-state index is 0.0617. The highest BCUT2D eigenvalue weighted by atomic mass is 16.6. The average molecular weight is 263 g/mol. The van der Waals surface area contributed by atoms with Crippen LogP contribution in [0.3, 0.4) is 0 Å². The summed E-state index contributed by atoms with van der Waals surface area (Å²) in [6, 6.07) is 7.46. The van der Waals surface area contributed by atoms with Crippen molar-refractivity contribution in [1.82, 2.24) is 4.90 Å². The van der Waals surface area contributed by atoms with Crippen molar-refractivity contribution in [3.63, 3.8) is 0 Å². The fourth-order valence-electron chi connectivity index (χ4n) is 3.05. The Morgan fingerprint density at radius 2 is 2.16 bits per heavy atom. The summed E-state index contributed by atoms with van der Waals surface area (Å²) in [5.41, 5.74) is 6.86. The molecule has 2 rings (SSSR count). The largest absolute Gasteiger partial charge is 0.330 e. The molecule has 19 heavy (non-hydrogen) atoms. The maximum Gasteiger partial charge on any atom is 0.274 e. The second-order valence-corrected chi connectivity index (χ2v) is 5.38. The van der Waals surface area contributed by atoms with Gasteiger partial charge in [0.2, 0.25) is 0 Å². The van der Waals surface area contributed by atoms with Crippen LogP contribution in [0.5, 0.6) is 0 Å². The minimum atomic E-state index is -0.292. The van der Waals surface area contributed by atoms with Crippen molar-refractivity contribution in [2.24, 2.45) is 11.7 Å². The molecular weight excluding hydrogens is 242 g/mol. The SMILES string of the molecule is CC(C)N1CCC(CN)C1c1ccccc1[N+](=O)[O-]. The molecule has 5 nitrogen and oxygen atoms in total. The molecular formula is C14H21N3O2. The van der Waals surface area contributed by atoms with E-state index in [-0.39, 0.29) is 16.7 Å². The predicted octanol–water partition coefficient (Wildman–Crippen LogP) is 2.32. The van der Waals surface area contributed by atoms with E-state index in [9.17, 15) is 10.1 Å². The van der Waals surface area contributed by atoms with Crippen LogP contribution in [0, 0.1) is 16.0 Å². The smallest absolute Gasteiger partial charge is 0.274 e. The molecule has 2 unspecified atom stereocenters. The van der Waals surface area contributed by atoms with Gasteiger partial charge in [-0.1, -0.05) is 18.2 Å². The molecule has 5 heteroatoms. The van der Waals surface area contributed by atoms with Crippen molar-refractivity contribution in [3.8, 4) is 0 Å². The summed E-state index contributed by atoms with van der Waals surface area (Å²) in [6.45, 7) is 5.78. The van der Waals surface area contributed by atoms with Gasteiger partial charge >= 0.3 is 0 Å². The maximum absolute atomic E-state index is 11.2. The normalized spacial score (nSPS) is 24.0. The molecule has 1 aromatic carbocycles. The number of nitrogens with zero attached hydrogens (tertiary/aromatic N) is 2. The van der Waals surface area contributed by atoms with Crippen molar-refractivity contribution < 1.29 is 4.92 Å². The van der Waals surface area contributed by atoms with Crippen LogP contribution >= 0.6 is 0 Å². The third kappa shape index (κ3) is 2.62. The molecule has 0 aromatic heterocycles. The van der Waals surface area contributed by atoms with Gasteiger partial charge in [0, 0.05) is 23.7 Å². The monoisotopic (exact) mass is 263 g/mol. The first-order valence-corrected chi connectivity index (χ1v) is 6.75. The van der Waals surface area contributed by atoms with Gasteiger partial charge in [-0.25, -0.2) is 0 Å². The van der Waals surface area contributed by atoms with Crippen molar-refractivity contribution in [2.75, 3.05) is 13.1 Å². The first kappa shape index (κ1) is 14.0. The van der Waals surface area contributed by atoms with Gasteiger partial charge in [0.25, 0.3) is 5.69 Å². The van der Waals surface area contributed by atoms with E-state index in [1.165, 1.54) is 0 Å². The molecule has 1 fully saturated rings. The highest BCUT2D eigenvalue weighted by molar-refractivity contribution is 5.43. The lowest BCUT2D eigenvalue weighted by Gasteiger charge is -2.31. The molecule has 104 valence electrons. The highest BCUT2D eigenvalue weighted by Gasteiger charge is 2.38. The van der Waals surface area contributed by atoms with E-state index in [2.05, 4.69) is 18.7 Å². The highest BCUT2D eigenvalue weighted by Crippen LogP contribution is 2.41. The number of para-hydroxylation sites is 1. The zero-order valence-corrected chi connectivity index (χ0v) is 11.5. The van der Waals surface area contributed by atoms with Crippen LogP contribution in [0.15, 0.2) is 24.3 Å².